The first-order chi connectivity index (χ1) is 27.1. The van der Waals surface area contributed by atoms with E-state index in [2.05, 4.69) is 25.1 Å². The maximum Gasteiger partial charge on any atom is 0.425 e. The topological polar surface area (TPSA) is 182 Å². The van der Waals surface area contributed by atoms with E-state index in [4.69, 9.17) is 9.47 Å². The molecule has 3 heterocycles. The van der Waals surface area contributed by atoms with E-state index in [-0.39, 0.29) is 37.3 Å². The first-order valence-corrected chi connectivity index (χ1v) is 21.2. The Labute approximate surface area is 336 Å². The van der Waals surface area contributed by atoms with Crippen LogP contribution in [0.3, 0.4) is 0 Å². The number of carbonyl (C=O) groups is 4. The number of fused-ring (bicyclic) bond motifs is 3. The zero-order valence-electron chi connectivity index (χ0n) is 33.4. The summed E-state index contributed by atoms with van der Waals surface area (Å²) in [7, 11) is -4.07. The summed E-state index contributed by atoms with van der Waals surface area (Å²) in [6.07, 6.45) is -2.20. The number of benzene rings is 1. The highest BCUT2D eigenvalue weighted by Crippen LogP contribution is 2.47. The number of pyridine rings is 1. The molecule has 0 bridgehead atoms. The van der Waals surface area contributed by atoms with Crippen molar-refractivity contribution in [2.24, 2.45) is 17.8 Å². The fraction of sp³-hybridized carbons (Fsp3) is 0.625. The smallest absolute Gasteiger partial charge is 0.425 e. The first-order valence-electron chi connectivity index (χ1n) is 19.7. The summed E-state index contributed by atoms with van der Waals surface area (Å²) in [6, 6.07) is 4.41. The van der Waals surface area contributed by atoms with Crippen molar-refractivity contribution in [2.45, 2.75) is 133 Å². The van der Waals surface area contributed by atoms with Crippen LogP contribution in [0.5, 0.6) is 11.6 Å². The Kier molecular flexibility index (Phi) is 12.0. The average molecular weight is 836 g/mol. The number of hydrogen-bond acceptors (Lipinski definition) is 10. The van der Waals surface area contributed by atoms with Gasteiger partial charge in [-0.3, -0.25) is 19.1 Å². The molecule has 2 saturated carbocycles. The van der Waals surface area contributed by atoms with Gasteiger partial charge in [0, 0.05) is 23.9 Å². The summed E-state index contributed by atoms with van der Waals surface area (Å²) in [6.45, 7) is 9.44. The molecular formula is C40H52F3N5O9S. The van der Waals surface area contributed by atoms with Gasteiger partial charge >= 0.3 is 12.3 Å². The van der Waals surface area contributed by atoms with E-state index in [0.717, 1.165) is 5.39 Å². The number of aromatic nitrogens is 1. The Balaban J connectivity index is 1.34. The molecule has 0 unspecified atom stereocenters. The highest BCUT2D eigenvalue weighted by Gasteiger charge is 2.63. The van der Waals surface area contributed by atoms with Gasteiger partial charge in [-0.05, 0) is 108 Å². The van der Waals surface area contributed by atoms with E-state index in [0.29, 0.717) is 50.2 Å². The molecule has 2 aromatic rings. The Morgan fingerprint density at radius 2 is 1.81 bits per heavy atom. The van der Waals surface area contributed by atoms with Crippen molar-refractivity contribution in [1.82, 2.24) is 25.2 Å². The second kappa shape index (κ2) is 16.2. The van der Waals surface area contributed by atoms with Gasteiger partial charge in [-0.1, -0.05) is 26.0 Å². The van der Waals surface area contributed by atoms with Crippen LogP contribution in [0.25, 0.3) is 10.8 Å². The van der Waals surface area contributed by atoms with Crippen molar-refractivity contribution in [3.63, 3.8) is 0 Å². The molecular weight excluding hydrogens is 784 g/mol. The fourth-order valence-electron chi connectivity index (χ4n) is 7.71. The standard InChI is InChI=1S/C40H52F3N5O9S/c1-22(2)55-28-11-12-30-26(18-28)13-16-44-34(30)57-29-19-31-33(49)46-39(36(51)47-58(53,54)38(6)14-15-38)20-27(39)10-8-7-9-23(3)17-24(4)32(35(50)48(31)21-29)45-37(52)56-25(5)40(41,42)43/h8,10-13,16,18,22-25,27,29,31-32H,7,9,14-15,17,19-21H2,1-6H3,(H,45,52)(H,46,49)(H,47,51)/b10-8-/t23-,24+,25+,27+,29+,31-,32-,39+/m0/s1. The van der Waals surface area contributed by atoms with Gasteiger partial charge in [-0.25, -0.2) is 18.2 Å². The molecule has 318 valence electrons. The molecule has 1 saturated heterocycles. The number of ether oxygens (including phenoxy) is 3. The Bertz CT molecular complexity index is 2060. The van der Waals surface area contributed by atoms with E-state index in [1.807, 2.05) is 32.9 Å². The highest BCUT2D eigenvalue weighted by atomic mass is 32.2. The maximum absolute atomic E-state index is 14.7. The van der Waals surface area contributed by atoms with Crippen LogP contribution in [0.2, 0.25) is 0 Å². The number of sulfonamides is 1. The zero-order chi connectivity index (χ0) is 42.4. The second-order valence-corrected chi connectivity index (χ2v) is 19.0. The third-order valence-electron chi connectivity index (χ3n) is 11.6. The Hall–Kier alpha value is -4.61. The van der Waals surface area contributed by atoms with Gasteiger partial charge in [0.25, 0.3) is 5.91 Å². The minimum Gasteiger partial charge on any atom is -0.491 e. The van der Waals surface area contributed by atoms with Crippen molar-refractivity contribution in [2.75, 3.05) is 6.54 Å². The molecule has 0 spiro atoms. The van der Waals surface area contributed by atoms with Gasteiger partial charge in [-0.2, -0.15) is 13.2 Å². The summed E-state index contributed by atoms with van der Waals surface area (Å²) < 4.78 is 84.4. The predicted octanol–water partition coefficient (Wildman–Crippen LogP) is 5.30. The molecule has 2 aliphatic carbocycles. The summed E-state index contributed by atoms with van der Waals surface area (Å²) in [5.41, 5.74) is -1.64. The van der Waals surface area contributed by atoms with Gasteiger partial charge in [0.05, 0.1) is 17.4 Å². The highest BCUT2D eigenvalue weighted by molar-refractivity contribution is 7.91. The lowest BCUT2D eigenvalue weighted by Gasteiger charge is -2.33. The van der Waals surface area contributed by atoms with Crippen LogP contribution < -0.4 is 24.8 Å². The number of amides is 4. The Morgan fingerprint density at radius 1 is 1.09 bits per heavy atom. The molecule has 4 amide bonds. The number of rotatable bonds is 9. The molecule has 3 N–H and O–H groups in total. The number of halogens is 3. The van der Waals surface area contributed by atoms with Crippen LogP contribution in [0.1, 0.15) is 86.5 Å². The normalized spacial score (nSPS) is 29.8. The number of carbonyl (C=O) groups excluding carboxylic acids is 4. The number of nitrogens with zero attached hydrogens (tertiary/aromatic N) is 2. The molecule has 14 nitrogen and oxygen atoms in total. The number of allylic oxidation sites excluding steroid dienone is 1. The summed E-state index contributed by atoms with van der Waals surface area (Å²) >= 11 is 0. The minimum atomic E-state index is -4.85. The molecule has 4 aliphatic rings. The molecule has 1 aromatic heterocycles. The lowest BCUT2D eigenvalue weighted by molar-refractivity contribution is -0.197. The lowest BCUT2D eigenvalue weighted by atomic mass is 9.88. The molecule has 58 heavy (non-hydrogen) atoms. The quantitative estimate of drug-likeness (QED) is 0.281. The van der Waals surface area contributed by atoms with Crippen molar-refractivity contribution < 1.29 is 55.0 Å². The average Bonchev–Trinajstić information content (AvgIpc) is 4.01. The molecule has 18 heteroatoms. The summed E-state index contributed by atoms with van der Waals surface area (Å²) in [4.78, 5) is 61.6. The molecule has 1 aromatic carbocycles. The van der Waals surface area contributed by atoms with Crippen molar-refractivity contribution in [3.8, 4) is 11.6 Å². The molecule has 0 radical (unpaired) electrons. The third kappa shape index (κ3) is 9.31. The van der Waals surface area contributed by atoms with E-state index in [1.54, 1.807) is 37.4 Å². The fourth-order valence-corrected chi connectivity index (χ4v) is 9.02. The van der Waals surface area contributed by atoms with Crippen LogP contribution in [0, 0.1) is 17.8 Å². The van der Waals surface area contributed by atoms with E-state index in [1.165, 1.54) is 11.8 Å². The van der Waals surface area contributed by atoms with Gasteiger partial charge < -0.3 is 29.7 Å². The van der Waals surface area contributed by atoms with Crippen molar-refractivity contribution in [3.05, 3.63) is 42.6 Å². The molecule has 6 rings (SSSR count). The summed E-state index contributed by atoms with van der Waals surface area (Å²) in [5, 5.41) is 6.53. The van der Waals surface area contributed by atoms with Crippen LogP contribution in [0.15, 0.2) is 42.6 Å². The lowest BCUT2D eigenvalue weighted by Crippen LogP contribution is -2.59. The van der Waals surface area contributed by atoms with Crippen LogP contribution >= 0.6 is 0 Å². The van der Waals surface area contributed by atoms with E-state index in [9.17, 15) is 40.8 Å². The number of hydrogen-bond donors (Lipinski definition) is 3. The SMILES string of the molecule is CC(C)Oc1ccc2c(O[C@@H]3C[C@H]4C(=O)N[C@]5(C(=O)NS(=O)(=O)C6(C)CC6)C[C@H]5/C=C\CC[C@H](C)C[C@@H](C)[C@H](NC(=O)O[C@H](C)C(F)(F)F)C(=O)N4C3)nccc2c1. The van der Waals surface area contributed by atoms with Crippen molar-refractivity contribution in [1.29, 1.82) is 0 Å². The molecule has 2 aliphatic heterocycles. The second-order valence-electron chi connectivity index (χ2n) is 16.8. The van der Waals surface area contributed by atoms with Gasteiger partial charge in [-0.15, -0.1) is 0 Å². The van der Waals surface area contributed by atoms with Gasteiger partial charge in [0.15, 0.2) is 6.10 Å². The number of alkyl carbamates (subject to hydrolysis) is 1. The first kappa shape index (κ1) is 43.0. The third-order valence-corrected chi connectivity index (χ3v) is 13.8. The number of alkyl halides is 3. The largest absolute Gasteiger partial charge is 0.491 e. The molecule has 3 fully saturated rings. The van der Waals surface area contributed by atoms with Gasteiger partial charge in [0.1, 0.15) is 29.5 Å². The number of nitrogens with one attached hydrogen (secondary N) is 3. The predicted molar refractivity (Wildman–Crippen MR) is 206 cm³/mol. The monoisotopic (exact) mass is 835 g/mol. The Morgan fingerprint density at radius 3 is 2.48 bits per heavy atom. The maximum atomic E-state index is 14.7. The van der Waals surface area contributed by atoms with E-state index >= 15 is 0 Å². The van der Waals surface area contributed by atoms with E-state index < -0.39 is 86.4 Å². The van der Waals surface area contributed by atoms with Crippen molar-refractivity contribution >= 4 is 44.6 Å². The summed E-state index contributed by atoms with van der Waals surface area (Å²) in [5.74, 6) is -2.80. The molecule has 8 atom stereocenters. The zero-order valence-corrected chi connectivity index (χ0v) is 34.2. The van der Waals surface area contributed by atoms with Crippen LogP contribution in [-0.4, -0.2) is 95.5 Å². The minimum absolute atomic E-state index is 0.0298. The van der Waals surface area contributed by atoms with Crippen LogP contribution in [0.4, 0.5) is 18.0 Å². The van der Waals surface area contributed by atoms with Gasteiger partial charge in [0.2, 0.25) is 27.7 Å². The van der Waals surface area contributed by atoms with Crippen LogP contribution in [-0.2, 0) is 29.1 Å².